The molecule has 0 atom stereocenters. The van der Waals surface area contributed by atoms with Crippen LogP contribution in [-0.2, 0) is 12.7 Å². The summed E-state index contributed by atoms with van der Waals surface area (Å²) in [6.07, 6.45) is -4.49. The summed E-state index contributed by atoms with van der Waals surface area (Å²) in [6.45, 7) is 0.0560. The number of furan rings is 1. The lowest BCUT2D eigenvalue weighted by atomic mass is 10.0. The monoisotopic (exact) mass is 290 g/mol. The Morgan fingerprint density at radius 1 is 1.14 bits per heavy atom. The van der Waals surface area contributed by atoms with Crippen molar-refractivity contribution >= 4 is 11.0 Å². The summed E-state index contributed by atoms with van der Waals surface area (Å²) in [5.74, 6) is 0.326. The van der Waals surface area contributed by atoms with Crippen molar-refractivity contribution in [1.29, 1.82) is 0 Å². The lowest BCUT2D eigenvalue weighted by Crippen LogP contribution is -2.05. The van der Waals surface area contributed by atoms with Crippen molar-refractivity contribution in [3.8, 4) is 11.1 Å². The zero-order chi connectivity index (χ0) is 15.0. The van der Waals surface area contributed by atoms with Crippen LogP contribution < -0.4 is 5.73 Å². The molecule has 5 heteroatoms. The van der Waals surface area contributed by atoms with Crippen LogP contribution >= 0.6 is 0 Å². The zero-order valence-electron chi connectivity index (χ0n) is 10.9. The fourth-order valence-corrected chi connectivity index (χ4v) is 2.26. The van der Waals surface area contributed by atoms with Crippen LogP contribution in [0.1, 0.15) is 11.3 Å². The maximum Gasteiger partial charge on any atom is 0.420 e. The van der Waals surface area contributed by atoms with Crippen LogP contribution in [0.2, 0.25) is 0 Å². The Morgan fingerprint density at radius 2 is 1.95 bits per heavy atom. The number of benzene rings is 2. The van der Waals surface area contributed by atoms with E-state index in [-0.39, 0.29) is 12.1 Å². The molecule has 2 N–H and O–H groups in total. The molecule has 2 nitrogen and oxygen atoms in total. The van der Waals surface area contributed by atoms with Gasteiger partial charge in [0.05, 0.1) is 12.1 Å². The Balaban J connectivity index is 2.29. The third kappa shape index (κ3) is 2.52. The average molecular weight is 290 g/mol. The largest absolute Gasteiger partial charge is 0.459 e. The summed E-state index contributed by atoms with van der Waals surface area (Å²) in [7, 11) is 0. The first-order valence-electron chi connectivity index (χ1n) is 6.29. The maximum absolute atomic E-state index is 13.2. The first kappa shape index (κ1) is 13.7. The van der Waals surface area contributed by atoms with Gasteiger partial charge in [0.25, 0.3) is 0 Å². The number of halogens is 3. The molecule has 0 saturated heterocycles. The average Bonchev–Trinajstić information content (AvgIpc) is 2.89. The van der Waals surface area contributed by atoms with E-state index in [0.717, 1.165) is 6.07 Å². The van der Waals surface area contributed by atoms with Gasteiger partial charge in [0.1, 0.15) is 11.3 Å². The van der Waals surface area contributed by atoms with Gasteiger partial charge in [-0.15, -0.1) is 0 Å². The van der Waals surface area contributed by atoms with Crippen LogP contribution in [0, 0.1) is 6.07 Å². The third-order valence-corrected chi connectivity index (χ3v) is 3.21. The lowest BCUT2D eigenvalue weighted by molar-refractivity contribution is -0.136. The fourth-order valence-electron chi connectivity index (χ4n) is 2.26. The summed E-state index contributed by atoms with van der Waals surface area (Å²) < 4.78 is 44.9. The van der Waals surface area contributed by atoms with Crippen LogP contribution in [0.4, 0.5) is 13.2 Å². The molecule has 3 rings (SSSR count). The SMILES string of the molecule is NCc1cc2cc(-c3c[c]ccc3)cc(C(F)(F)F)c2o1. The molecule has 0 amide bonds. The van der Waals surface area contributed by atoms with Crippen molar-refractivity contribution in [2.24, 2.45) is 5.73 Å². The number of hydrogen-bond acceptors (Lipinski definition) is 2. The molecule has 1 radical (unpaired) electrons. The van der Waals surface area contributed by atoms with E-state index >= 15 is 0 Å². The van der Waals surface area contributed by atoms with Gasteiger partial charge in [-0.2, -0.15) is 13.2 Å². The molecule has 0 aliphatic carbocycles. The molecule has 0 saturated carbocycles. The summed E-state index contributed by atoms with van der Waals surface area (Å²) in [5.41, 5.74) is 5.61. The molecule has 2 aromatic carbocycles. The van der Waals surface area contributed by atoms with Crippen LogP contribution in [0.3, 0.4) is 0 Å². The van der Waals surface area contributed by atoms with E-state index in [0.29, 0.717) is 22.3 Å². The molecule has 0 fully saturated rings. The van der Waals surface area contributed by atoms with Crippen molar-refractivity contribution < 1.29 is 17.6 Å². The second-order valence-electron chi connectivity index (χ2n) is 4.65. The highest BCUT2D eigenvalue weighted by molar-refractivity contribution is 5.87. The molecule has 3 aromatic rings. The molecule has 0 spiro atoms. The van der Waals surface area contributed by atoms with Crippen LogP contribution in [0.15, 0.2) is 46.9 Å². The second kappa shape index (κ2) is 4.93. The Morgan fingerprint density at radius 3 is 2.57 bits per heavy atom. The van der Waals surface area contributed by atoms with Gasteiger partial charge in [0.15, 0.2) is 0 Å². The molecule has 0 unspecified atom stereocenters. The van der Waals surface area contributed by atoms with Crippen molar-refractivity contribution in [3.05, 3.63) is 59.9 Å². The smallest absolute Gasteiger partial charge is 0.420 e. The van der Waals surface area contributed by atoms with Gasteiger partial charge >= 0.3 is 6.18 Å². The minimum Gasteiger partial charge on any atom is -0.459 e. The zero-order valence-corrected chi connectivity index (χ0v) is 10.9. The Kier molecular flexibility index (Phi) is 3.22. The van der Waals surface area contributed by atoms with Gasteiger partial charge in [0, 0.05) is 5.39 Å². The Labute approximate surface area is 119 Å². The number of rotatable bonds is 2. The minimum absolute atomic E-state index is 0.0560. The first-order valence-corrected chi connectivity index (χ1v) is 6.29. The minimum atomic E-state index is -4.49. The van der Waals surface area contributed by atoms with Crippen molar-refractivity contribution in [2.45, 2.75) is 12.7 Å². The van der Waals surface area contributed by atoms with Crippen LogP contribution in [-0.4, -0.2) is 0 Å². The highest BCUT2D eigenvalue weighted by Crippen LogP contribution is 2.39. The van der Waals surface area contributed by atoms with E-state index in [9.17, 15) is 13.2 Å². The van der Waals surface area contributed by atoms with E-state index in [2.05, 4.69) is 6.07 Å². The van der Waals surface area contributed by atoms with Gasteiger partial charge in [-0.25, -0.2) is 0 Å². The number of nitrogens with two attached hydrogens (primary N) is 1. The van der Waals surface area contributed by atoms with Gasteiger partial charge in [-0.3, -0.25) is 0 Å². The number of fused-ring (bicyclic) bond motifs is 1. The second-order valence-corrected chi connectivity index (χ2v) is 4.65. The highest BCUT2D eigenvalue weighted by Gasteiger charge is 2.35. The highest BCUT2D eigenvalue weighted by atomic mass is 19.4. The standard InChI is InChI=1S/C16H11F3NO/c17-16(18,19)14-8-11(10-4-2-1-3-5-10)6-12-7-13(9-20)21-15(12)14/h1-2,4-8H,9,20H2. The summed E-state index contributed by atoms with van der Waals surface area (Å²) >= 11 is 0. The van der Waals surface area contributed by atoms with E-state index in [4.69, 9.17) is 10.2 Å². The number of hydrogen-bond donors (Lipinski definition) is 1. The maximum atomic E-state index is 13.2. The van der Waals surface area contributed by atoms with Gasteiger partial charge in [-0.1, -0.05) is 18.2 Å². The molecule has 1 aromatic heterocycles. The van der Waals surface area contributed by atoms with Gasteiger partial charge in [-0.05, 0) is 41.5 Å². The molecule has 107 valence electrons. The Hall–Kier alpha value is -2.27. The molecular formula is C16H11F3NO. The third-order valence-electron chi connectivity index (χ3n) is 3.21. The molecule has 0 bridgehead atoms. The van der Waals surface area contributed by atoms with Crippen molar-refractivity contribution in [3.63, 3.8) is 0 Å². The van der Waals surface area contributed by atoms with E-state index in [1.165, 1.54) is 0 Å². The fraction of sp³-hybridized carbons (Fsp3) is 0.125. The predicted octanol–water partition coefficient (Wildman–Crippen LogP) is 4.38. The molecular weight excluding hydrogens is 279 g/mol. The van der Waals surface area contributed by atoms with Crippen molar-refractivity contribution in [2.75, 3.05) is 0 Å². The van der Waals surface area contributed by atoms with Gasteiger partial charge in [0.2, 0.25) is 0 Å². The summed E-state index contributed by atoms with van der Waals surface area (Å²) in [6, 6.07) is 14.0. The van der Waals surface area contributed by atoms with Crippen LogP contribution in [0.25, 0.3) is 22.1 Å². The molecule has 0 aliphatic rings. The summed E-state index contributed by atoms with van der Waals surface area (Å²) in [4.78, 5) is 0. The topological polar surface area (TPSA) is 39.2 Å². The lowest BCUT2D eigenvalue weighted by Gasteiger charge is -2.10. The van der Waals surface area contributed by atoms with Gasteiger partial charge < -0.3 is 10.2 Å². The van der Waals surface area contributed by atoms with E-state index in [1.54, 1.807) is 36.4 Å². The number of alkyl halides is 3. The summed E-state index contributed by atoms with van der Waals surface area (Å²) in [5, 5.41) is 0.393. The first-order chi connectivity index (χ1) is 9.99. The Bertz CT molecular complexity index is 775. The van der Waals surface area contributed by atoms with Crippen molar-refractivity contribution in [1.82, 2.24) is 0 Å². The van der Waals surface area contributed by atoms with E-state index < -0.39 is 11.7 Å². The van der Waals surface area contributed by atoms with E-state index in [1.807, 2.05) is 0 Å². The molecule has 0 aliphatic heterocycles. The quantitative estimate of drug-likeness (QED) is 0.760. The predicted molar refractivity (Wildman–Crippen MR) is 73.4 cm³/mol. The molecule has 1 heterocycles. The molecule has 21 heavy (non-hydrogen) atoms. The normalized spacial score (nSPS) is 12.0. The van der Waals surface area contributed by atoms with Crippen LogP contribution in [0.5, 0.6) is 0 Å².